The van der Waals surface area contributed by atoms with Crippen molar-refractivity contribution in [2.75, 3.05) is 0 Å². The van der Waals surface area contributed by atoms with E-state index < -0.39 is 20.8 Å². The molecule has 0 aliphatic carbocycles. The Morgan fingerprint density at radius 3 is 1.96 bits per heavy atom. The molecule has 0 bridgehead atoms. The number of fused-ring (bicyclic) bond motifs is 3. The number of hydrogen-bond acceptors (Lipinski definition) is 0. The van der Waals surface area contributed by atoms with Crippen LogP contribution in [0, 0.1) is 13.8 Å². The molecule has 0 aromatic heterocycles. The number of benzene rings is 5. The summed E-state index contributed by atoms with van der Waals surface area (Å²) in [6, 6.07) is 46.2. The van der Waals surface area contributed by atoms with Crippen LogP contribution in [0.2, 0.25) is 13.1 Å². The molecule has 0 N–H and O–H groups in total. The molecule has 2 radical (unpaired) electrons. The van der Waals surface area contributed by atoms with Crippen LogP contribution < -0.4 is 0 Å². The van der Waals surface area contributed by atoms with Crippen molar-refractivity contribution in [3.8, 4) is 22.3 Å². The van der Waals surface area contributed by atoms with Gasteiger partial charge < -0.3 is 0 Å². The summed E-state index contributed by atoms with van der Waals surface area (Å²) < 4.78 is 0. The normalized spacial score (nSPS) is 10.4. The number of rotatable bonds is 3. The quantitative estimate of drug-likeness (QED) is 0.126. The van der Waals surface area contributed by atoms with E-state index in [9.17, 15) is 0 Å². The number of halogens is 2. The van der Waals surface area contributed by atoms with Gasteiger partial charge in [0.2, 0.25) is 0 Å². The minimum atomic E-state index is -0.826. The van der Waals surface area contributed by atoms with Crippen LogP contribution in [0.1, 0.15) is 36.5 Å². The van der Waals surface area contributed by atoms with E-state index in [2.05, 4.69) is 168 Å². The van der Waals surface area contributed by atoms with Gasteiger partial charge in [0.25, 0.3) is 0 Å². The molecule has 4 heteroatoms. The SMILES string of the molecule is CC(C)c1cc2c(-c3ccc4ccccc4c3)cccc2[cH-]1.C[Si]C.Cc1cc2c(-c3ccccc3)ccc(C)c2[cH-]1.[Cl][Zr+2][Cl]. The zero-order valence-electron chi connectivity index (χ0n) is 27.0. The molecular weight excluding hydrogens is 683 g/mol. The minimum absolute atomic E-state index is 0.567. The third kappa shape index (κ3) is 8.96. The van der Waals surface area contributed by atoms with Crippen LogP contribution in [0.25, 0.3) is 54.6 Å². The molecule has 7 rings (SSSR count). The third-order valence-corrected chi connectivity index (χ3v) is 7.83. The van der Waals surface area contributed by atoms with E-state index in [1.807, 2.05) is 0 Å². The van der Waals surface area contributed by atoms with Crippen LogP contribution in [0.15, 0.2) is 127 Å². The van der Waals surface area contributed by atoms with Gasteiger partial charge in [0, 0.05) is 9.52 Å². The second kappa shape index (κ2) is 17.3. The second-order valence-corrected chi connectivity index (χ2v) is 16.3. The fraction of sp³-hybridized carbons (Fsp3) is 0.171. The van der Waals surface area contributed by atoms with Gasteiger partial charge in [-0.05, 0) is 33.9 Å². The predicted octanol–water partition coefficient (Wildman–Crippen LogP) is 13.5. The molecule has 7 aromatic rings. The fourth-order valence-corrected chi connectivity index (χ4v) is 5.66. The van der Waals surface area contributed by atoms with Gasteiger partial charge in [0.1, 0.15) is 0 Å². The molecule has 0 saturated carbocycles. The Labute approximate surface area is 290 Å². The summed E-state index contributed by atoms with van der Waals surface area (Å²) in [6.45, 7) is 13.2. The first kappa shape index (κ1) is 35.1. The molecule has 7 aromatic carbocycles. The third-order valence-electron chi connectivity index (χ3n) is 7.83. The van der Waals surface area contributed by atoms with E-state index in [4.69, 9.17) is 17.0 Å². The second-order valence-electron chi connectivity index (χ2n) is 11.5. The first-order valence-corrected chi connectivity index (χ1v) is 23.6. The summed E-state index contributed by atoms with van der Waals surface area (Å²) in [5.41, 5.74) is 9.37. The van der Waals surface area contributed by atoms with Gasteiger partial charge in [-0.1, -0.05) is 131 Å². The van der Waals surface area contributed by atoms with Gasteiger partial charge >= 0.3 is 37.9 Å². The van der Waals surface area contributed by atoms with Crippen molar-refractivity contribution in [2.45, 2.75) is 46.7 Å². The van der Waals surface area contributed by atoms with Gasteiger partial charge in [0.05, 0.1) is 0 Å². The summed E-state index contributed by atoms with van der Waals surface area (Å²) in [6.07, 6.45) is 0. The summed E-state index contributed by atoms with van der Waals surface area (Å²) in [5.74, 6) is 0.567. The Bertz CT molecular complexity index is 1950. The summed E-state index contributed by atoms with van der Waals surface area (Å²) >= 11 is -0.826. The molecule has 0 aliphatic heterocycles. The van der Waals surface area contributed by atoms with Crippen molar-refractivity contribution < 1.29 is 20.8 Å². The van der Waals surface area contributed by atoms with Crippen LogP contribution in [-0.2, 0) is 20.8 Å². The average molecular weight is 723 g/mol. The summed E-state index contributed by atoms with van der Waals surface area (Å²) in [5, 5.41) is 8.05. The molecule has 45 heavy (non-hydrogen) atoms. The molecule has 0 heterocycles. The molecule has 226 valence electrons. The van der Waals surface area contributed by atoms with Crippen LogP contribution in [-0.4, -0.2) is 9.52 Å². The molecule has 0 saturated heterocycles. The van der Waals surface area contributed by atoms with Gasteiger partial charge in [0.15, 0.2) is 0 Å². The topological polar surface area (TPSA) is 0 Å². The van der Waals surface area contributed by atoms with Gasteiger partial charge in [-0.2, -0.15) is 12.1 Å². The van der Waals surface area contributed by atoms with Crippen LogP contribution >= 0.6 is 17.0 Å². The molecule has 0 nitrogen and oxygen atoms in total. The van der Waals surface area contributed by atoms with Crippen molar-refractivity contribution in [1.29, 1.82) is 0 Å². The Morgan fingerprint density at radius 1 is 0.622 bits per heavy atom. The van der Waals surface area contributed by atoms with Crippen LogP contribution in [0.4, 0.5) is 0 Å². The monoisotopic (exact) mass is 720 g/mol. The molecular formula is C41H40Cl2SiZr. The zero-order valence-corrected chi connectivity index (χ0v) is 31.9. The molecule has 0 aliphatic rings. The van der Waals surface area contributed by atoms with E-state index in [1.54, 1.807) is 0 Å². The fourth-order valence-electron chi connectivity index (χ4n) is 5.66. The van der Waals surface area contributed by atoms with Crippen molar-refractivity contribution in [3.63, 3.8) is 0 Å². The Hall–Kier alpha value is -2.74. The van der Waals surface area contributed by atoms with Crippen molar-refractivity contribution in [3.05, 3.63) is 144 Å². The Kier molecular flexibility index (Phi) is 13.5. The Morgan fingerprint density at radius 2 is 1.27 bits per heavy atom. The zero-order chi connectivity index (χ0) is 32.3. The van der Waals surface area contributed by atoms with E-state index in [0.29, 0.717) is 5.92 Å². The first-order valence-electron chi connectivity index (χ1n) is 15.3. The van der Waals surface area contributed by atoms with Crippen LogP contribution in [0.3, 0.4) is 0 Å². The number of hydrogen-bond donors (Lipinski definition) is 0. The van der Waals surface area contributed by atoms with Gasteiger partial charge in [-0.3, -0.25) is 0 Å². The molecule has 0 unspecified atom stereocenters. The first-order chi connectivity index (χ1) is 21.8. The average Bonchev–Trinajstić information content (AvgIpc) is 3.67. The summed E-state index contributed by atoms with van der Waals surface area (Å²) in [4.78, 5) is 0. The van der Waals surface area contributed by atoms with E-state index in [1.165, 1.54) is 71.3 Å². The predicted molar refractivity (Wildman–Crippen MR) is 200 cm³/mol. The van der Waals surface area contributed by atoms with Crippen molar-refractivity contribution in [1.82, 2.24) is 0 Å². The summed E-state index contributed by atoms with van der Waals surface area (Å²) in [7, 11) is 11.0. The molecule has 0 spiro atoms. The molecule has 0 atom stereocenters. The van der Waals surface area contributed by atoms with Gasteiger partial charge in [-0.25, -0.2) is 0 Å². The molecule has 0 amide bonds. The maximum absolute atomic E-state index is 4.93. The van der Waals surface area contributed by atoms with E-state index in [0.717, 1.165) is 9.52 Å². The van der Waals surface area contributed by atoms with Crippen molar-refractivity contribution in [2.24, 2.45) is 0 Å². The van der Waals surface area contributed by atoms with E-state index in [-0.39, 0.29) is 0 Å². The Balaban J connectivity index is 0.000000179. The maximum atomic E-state index is 4.93. The standard InChI is InChI=1S/C22H19.C17H15.C2H6Si.2ClH.Zr/c1-15(2)20-13-18-8-5-9-21(22(18)14-20)19-11-10-16-6-3-4-7-17(16)12-19;1-12-10-16-13(2)8-9-15(17(16)11-12)14-6-4-3-5-7-14;1-3-2;;;/h3-15H,1-2H3;3-11H,1-2H3;1-2H3;2*1H;/q2*-1;;;;+4/p-2. The van der Waals surface area contributed by atoms with Crippen molar-refractivity contribution >= 4 is 58.9 Å². The van der Waals surface area contributed by atoms with Gasteiger partial charge in [-0.15, -0.1) is 68.6 Å². The van der Waals surface area contributed by atoms with E-state index >= 15 is 0 Å². The number of aryl methyl sites for hydroxylation is 2. The van der Waals surface area contributed by atoms with Crippen LogP contribution in [0.5, 0.6) is 0 Å². The molecule has 0 fully saturated rings.